The number of fused-ring (bicyclic) bond motifs is 5. The maximum absolute atomic E-state index is 13.5. The number of benzene rings is 3. The Bertz CT molecular complexity index is 1380. The van der Waals surface area contributed by atoms with Crippen molar-refractivity contribution in [2.24, 2.45) is 0 Å². The molecule has 1 amide bonds. The van der Waals surface area contributed by atoms with Gasteiger partial charge >= 0.3 is 11.9 Å². The fourth-order valence-corrected chi connectivity index (χ4v) is 4.89. The summed E-state index contributed by atoms with van der Waals surface area (Å²) in [5.41, 5.74) is 0.235. The van der Waals surface area contributed by atoms with E-state index in [2.05, 4.69) is 26.6 Å². The summed E-state index contributed by atoms with van der Waals surface area (Å²) in [7, 11) is 2.45. The number of ether oxygens (including phenoxy) is 2. The minimum Gasteiger partial charge on any atom is -0.466 e. The van der Waals surface area contributed by atoms with Crippen LogP contribution in [0.25, 0.3) is 16.3 Å². The third kappa shape index (κ3) is 2.62. The maximum Gasteiger partial charge on any atom is 0.339 e. The molecule has 7 nitrogen and oxygen atoms in total. The summed E-state index contributed by atoms with van der Waals surface area (Å²) in [6.07, 6.45) is 0. The van der Waals surface area contributed by atoms with Gasteiger partial charge < -0.3 is 20.1 Å². The molecule has 3 aromatic carbocycles. The van der Waals surface area contributed by atoms with E-state index in [9.17, 15) is 14.4 Å². The van der Waals surface area contributed by atoms with Gasteiger partial charge in [0.25, 0.3) is 5.91 Å². The molecule has 2 aliphatic heterocycles. The first-order valence-electron chi connectivity index (χ1n) is 9.75. The Morgan fingerprint density at radius 3 is 2.41 bits per heavy atom. The summed E-state index contributed by atoms with van der Waals surface area (Å²) < 4.78 is 10.9. The SMILES string of the molecule is COC(=O)C1=C(C(=O)OC)C2(Nc3ccc4ccccc4c31)C(=O)Nc1ccc(Br)cc12. The molecule has 8 heteroatoms. The highest BCUT2D eigenvalue weighted by Gasteiger charge is 2.57. The van der Waals surface area contributed by atoms with Crippen molar-refractivity contribution in [3.05, 3.63) is 75.8 Å². The van der Waals surface area contributed by atoms with Gasteiger partial charge in [-0.15, -0.1) is 0 Å². The van der Waals surface area contributed by atoms with Crippen LogP contribution < -0.4 is 10.6 Å². The van der Waals surface area contributed by atoms with E-state index in [1.165, 1.54) is 14.2 Å². The Balaban J connectivity index is 1.97. The predicted molar refractivity (Wildman–Crippen MR) is 123 cm³/mol. The zero-order valence-electron chi connectivity index (χ0n) is 17.1. The quantitative estimate of drug-likeness (QED) is 0.525. The van der Waals surface area contributed by atoms with E-state index < -0.39 is 23.4 Å². The highest BCUT2D eigenvalue weighted by molar-refractivity contribution is 9.10. The van der Waals surface area contributed by atoms with Crippen molar-refractivity contribution in [3.63, 3.8) is 0 Å². The van der Waals surface area contributed by atoms with Gasteiger partial charge in [0.05, 0.1) is 25.4 Å². The van der Waals surface area contributed by atoms with Crippen LogP contribution >= 0.6 is 15.9 Å². The number of carbonyl (C=O) groups excluding carboxylic acids is 3. The van der Waals surface area contributed by atoms with Crippen LogP contribution in [0.15, 0.2) is 64.6 Å². The van der Waals surface area contributed by atoms with Crippen molar-refractivity contribution in [2.75, 3.05) is 24.9 Å². The van der Waals surface area contributed by atoms with Crippen LogP contribution in [-0.2, 0) is 29.4 Å². The van der Waals surface area contributed by atoms with Crippen LogP contribution in [0.4, 0.5) is 11.4 Å². The van der Waals surface area contributed by atoms with E-state index in [4.69, 9.17) is 9.47 Å². The predicted octanol–water partition coefficient (Wildman–Crippen LogP) is 3.98. The molecule has 1 spiro atoms. The van der Waals surface area contributed by atoms with Gasteiger partial charge in [0.15, 0.2) is 5.54 Å². The number of hydrogen-bond acceptors (Lipinski definition) is 6. The van der Waals surface area contributed by atoms with Crippen molar-refractivity contribution >= 4 is 61.5 Å². The molecule has 2 N–H and O–H groups in total. The third-order valence-electron chi connectivity index (χ3n) is 5.88. The van der Waals surface area contributed by atoms with Crippen molar-refractivity contribution in [2.45, 2.75) is 5.54 Å². The minimum atomic E-state index is -1.68. The average Bonchev–Trinajstić information content (AvgIpc) is 3.07. The topological polar surface area (TPSA) is 93.7 Å². The lowest BCUT2D eigenvalue weighted by Gasteiger charge is -2.37. The highest BCUT2D eigenvalue weighted by Crippen LogP contribution is 2.52. The van der Waals surface area contributed by atoms with E-state index in [0.29, 0.717) is 27.0 Å². The molecule has 3 aromatic rings. The van der Waals surface area contributed by atoms with Crippen LogP contribution in [-0.4, -0.2) is 32.1 Å². The lowest BCUT2D eigenvalue weighted by atomic mass is 9.75. The normalized spacial score (nSPS) is 18.7. The largest absolute Gasteiger partial charge is 0.466 e. The van der Waals surface area contributed by atoms with Gasteiger partial charge in [-0.1, -0.05) is 46.3 Å². The molecule has 0 radical (unpaired) electrons. The molecule has 0 aromatic heterocycles. The van der Waals surface area contributed by atoms with E-state index >= 15 is 0 Å². The fourth-order valence-electron chi connectivity index (χ4n) is 4.53. The van der Waals surface area contributed by atoms with E-state index in [1.807, 2.05) is 30.3 Å². The van der Waals surface area contributed by atoms with Crippen molar-refractivity contribution in [1.82, 2.24) is 0 Å². The van der Waals surface area contributed by atoms with Crippen LogP contribution in [0, 0.1) is 0 Å². The van der Waals surface area contributed by atoms with Crippen molar-refractivity contribution in [1.29, 1.82) is 0 Å². The molecule has 1 atom stereocenters. The number of rotatable bonds is 2. The number of esters is 2. The minimum absolute atomic E-state index is 0.00660. The molecular formula is C24H17BrN2O5. The number of halogens is 1. The summed E-state index contributed by atoms with van der Waals surface area (Å²) >= 11 is 3.44. The first kappa shape index (κ1) is 20.3. The van der Waals surface area contributed by atoms with Gasteiger partial charge in [0.1, 0.15) is 0 Å². The second kappa shape index (κ2) is 7.20. The van der Waals surface area contributed by atoms with Crippen LogP contribution in [0.2, 0.25) is 0 Å². The molecule has 5 rings (SSSR count). The van der Waals surface area contributed by atoms with Gasteiger partial charge in [0.2, 0.25) is 0 Å². The Labute approximate surface area is 191 Å². The molecule has 160 valence electrons. The van der Waals surface area contributed by atoms with Gasteiger partial charge in [-0.3, -0.25) is 4.79 Å². The second-order valence-corrected chi connectivity index (χ2v) is 8.38. The van der Waals surface area contributed by atoms with E-state index in [1.54, 1.807) is 24.3 Å². The average molecular weight is 493 g/mol. The standard InChI is InChI=1S/C24H17BrN2O5/c1-31-21(28)19-18-14-6-4-3-5-12(14)7-9-17(18)27-24(20(19)22(29)32-2)15-11-13(25)8-10-16(15)26-23(24)30/h3-11,27H,1-2H3,(H,26,30). The molecule has 0 fully saturated rings. The van der Waals surface area contributed by atoms with Crippen molar-refractivity contribution in [3.8, 4) is 0 Å². The Hall–Kier alpha value is -3.65. The van der Waals surface area contributed by atoms with Gasteiger partial charge in [0, 0.05) is 27.0 Å². The lowest BCUT2D eigenvalue weighted by Crippen LogP contribution is -2.49. The molecule has 1 unspecified atom stereocenters. The van der Waals surface area contributed by atoms with Crippen LogP contribution in [0.5, 0.6) is 0 Å². The summed E-state index contributed by atoms with van der Waals surface area (Å²) in [5, 5.41) is 7.70. The Morgan fingerprint density at radius 2 is 1.66 bits per heavy atom. The molecule has 0 saturated heterocycles. The molecule has 2 aliphatic rings. The van der Waals surface area contributed by atoms with Crippen LogP contribution in [0.1, 0.15) is 11.1 Å². The van der Waals surface area contributed by atoms with Crippen LogP contribution in [0.3, 0.4) is 0 Å². The Morgan fingerprint density at radius 1 is 0.938 bits per heavy atom. The third-order valence-corrected chi connectivity index (χ3v) is 6.37. The van der Waals surface area contributed by atoms with E-state index in [0.717, 1.165) is 10.8 Å². The van der Waals surface area contributed by atoms with Gasteiger partial charge in [-0.2, -0.15) is 0 Å². The second-order valence-electron chi connectivity index (χ2n) is 7.46. The zero-order chi connectivity index (χ0) is 22.6. The molecule has 0 bridgehead atoms. The number of methoxy groups -OCH3 is 2. The molecule has 0 aliphatic carbocycles. The first-order valence-corrected chi connectivity index (χ1v) is 10.5. The summed E-state index contributed by atoms with van der Waals surface area (Å²) in [6.45, 7) is 0. The summed E-state index contributed by atoms with van der Waals surface area (Å²) in [5.74, 6) is -2.04. The van der Waals surface area contributed by atoms with Crippen molar-refractivity contribution < 1.29 is 23.9 Å². The molecule has 2 heterocycles. The number of hydrogen-bond donors (Lipinski definition) is 2. The molecule has 0 saturated carbocycles. The van der Waals surface area contributed by atoms with E-state index in [-0.39, 0.29) is 11.1 Å². The summed E-state index contributed by atoms with van der Waals surface area (Å²) in [4.78, 5) is 39.9. The molecular weight excluding hydrogens is 476 g/mol. The zero-order valence-corrected chi connectivity index (χ0v) is 18.7. The Kier molecular flexibility index (Phi) is 4.56. The number of anilines is 2. The first-order chi connectivity index (χ1) is 15.4. The van der Waals surface area contributed by atoms with Gasteiger partial charge in [-0.25, -0.2) is 9.59 Å². The highest BCUT2D eigenvalue weighted by atomic mass is 79.9. The fraction of sp³-hybridized carbons (Fsp3) is 0.125. The smallest absolute Gasteiger partial charge is 0.339 e. The number of nitrogens with one attached hydrogen (secondary N) is 2. The molecule has 32 heavy (non-hydrogen) atoms. The van der Waals surface area contributed by atoms with Gasteiger partial charge in [-0.05, 0) is 35.0 Å². The maximum atomic E-state index is 13.5. The number of amides is 1. The lowest BCUT2D eigenvalue weighted by molar-refractivity contribution is -0.139. The summed E-state index contributed by atoms with van der Waals surface area (Å²) in [6, 6.07) is 16.4. The number of carbonyl (C=O) groups is 3. The monoisotopic (exact) mass is 492 g/mol.